The second-order valence-electron chi connectivity index (χ2n) is 8.00. The molecule has 28 heavy (non-hydrogen) atoms. The van der Waals surface area contributed by atoms with Gasteiger partial charge in [-0.3, -0.25) is 9.59 Å². The molecule has 2 aliphatic heterocycles. The van der Waals surface area contributed by atoms with E-state index < -0.39 is 0 Å². The van der Waals surface area contributed by atoms with Crippen molar-refractivity contribution in [3.05, 3.63) is 35.6 Å². The molecule has 2 heterocycles. The third-order valence-electron chi connectivity index (χ3n) is 5.82. The Bertz CT molecular complexity index is 642. The van der Waals surface area contributed by atoms with E-state index >= 15 is 0 Å². The standard InChI is InChI=1S/C22H32FN3O2/c23-20-10-8-18(9-11-20)22(28)26-16-5-7-19(17-26)21(27)24-12-6-15-25-13-3-1-2-4-14-25/h8-11,19H,1-7,12-17H2,(H,24,27). The molecular weight excluding hydrogens is 357 g/mol. The summed E-state index contributed by atoms with van der Waals surface area (Å²) in [5.41, 5.74) is 0.472. The van der Waals surface area contributed by atoms with Gasteiger partial charge in [0.25, 0.3) is 5.91 Å². The molecule has 2 amide bonds. The lowest BCUT2D eigenvalue weighted by Crippen LogP contribution is -2.45. The van der Waals surface area contributed by atoms with E-state index in [1.807, 2.05) is 0 Å². The number of hydrogen-bond acceptors (Lipinski definition) is 3. The molecule has 6 heteroatoms. The van der Waals surface area contributed by atoms with Crippen molar-refractivity contribution in [1.29, 1.82) is 0 Å². The molecule has 154 valence electrons. The molecule has 2 fully saturated rings. The number of carbonyl (C=O) groups excluding carboxylic acids is 2. The summed E-state index contributed by atoms with van der Waals surface area (Å²) in [7, 11) is 0. The van der Waals surface area contributed by atoms with Crippen LogP contribution in [0, 0.1) is 11.7 Å². The summed E-state index contributed by atoms with van der Waals surface area (Å²) in [6, 6.07) is 5.60. The summed E-state index contributed by atoms with van der Waals surface area (Å²) >= 11 is 0. The van der Waals surface area contributed by atoms with E-state index in [2.05, 4.69) is 10.2 Å². The first-order valence-corrected chi connectivity index (χ1v) is 10.7. The quantitative estimate of drug-likeness (QED) is 0.761. The van der Waals surface area contributed by atoms with Crippen LogP contribution >= 0.6 is 0 Å². The van der Waals surface area contributed by atoms with Crippen molar-refractivity contribution in [3.63, 3.8) is 0 Å². The molecule has 1 aromatic rings. The third kappa shape index (κ3) is 6.03. The zero-order chi connectivity index (χ0) is 19.8. The van der Waals surface area contributed by atoms with Crippen LogP contribution in [0.3, 0.4) is 0 Å². The van der Waals surface area contributed by atoms with Gasteiger partial charge in [0.15, 0.2) is 0 Å². The van der Waals surface area contributed by atoms with E-state index in [0.29, 0.717) is 25.2 Å². The number of rotatable bonds is 6. The lowest BCUT2D eigenvalue weighted by molar-refractivity contribution is -0.126. The molecule has 5 nitrogen and oxygen atoms in total. The van der Waals surface area contributed by atoms with E-state index in [1.54, 1.807) is 4.90 Å². The normalized spacial score (nSPS) is 21.2. The highest BCUT2D eigenvalue weighted by Crippen LogP contribution is 2.19. The minimum atomic E-state index is -0.354. The molecule has 1 atom stereocenters. The molecule has 0 saturated carbocycles. The van der Waals surface area contributed by atoms with Gasteiger partial charge in [0, 0.05) is 25.2 Å². The SMILES string of the molecule is O=C(NCCCN1CCCCCC1)C1CCCN(C(=O)c2ccc(F)cc2)C1. The van der Waals surface area contributed by atoms with Gasteiger partial charge in [-0.05, 0) is 76.0 Å². The van der Waals surface area contributed by atoms with Crippen molar-refractivity contribution < 1.29 is 14.0 Å². The molecule has 0 spiro atoms. The van der Waals surface area contributed by atoms with Gasteiger partial charge in [-0.2, -0.15) is 0 Å². The van der Waals surface area contributed by atoms with Gasteiger partial charge >= 0.3 is 0 Å². The fourth-order valence-corrected chi connectivity index (χ4v) is 4.17. The Balaban J connectivity index is 1.41. The van der Waals surface area contributed by atoms with E-state index in [-0.39, 0.29) is 23.5 Å². The molecule has 1 unspecified atom stereocenters. The Morgan fingerprint density at radius 3 is 2.43 bits per heavy atom. The molecule has 1 N–H and O–H groups in total. The summed E-state index contributed by atoms with van der Waals surface area (Å²) in [4.78, 5) is 29.4. The van der Waals surface area contributed by atoms with Gasteiger partial charge in [0.2, 0.25) is 5.91 Å². The van der Waals surface area contributed by atoms with Crippen LogP contribution in [0.2, 0.25) is 0 Å². The highest BCUT2D eigenvalue weighted by molar-refractivity contribution is 5.94. The Morgan fingerprint density at radius 2 is 1.71 bits per heavy atom. The summed E-state index contributed by atoms with van der Waals surface area (Å²) in [6.07, 6.45) is 7.84. The number of nitrogens with zero attached hydrogens (tertiary/aromatic N) is 2. The largest absolute Gasteiger partial charge is 0.356 e. The number of benzene rings is 1. The lowest BCUT2D eigenvalue weighted by Gasteiger charge is -2.32. The van der Waals surface area contributed by atoms with Crippen molar-refractivity contribution in [2.24, 2.45) is 5.92 Å². The summed E-state index contributed by atoms with van der Waals surface area (Å²) < 4.78 is 13.1. The average Bonchev–Trinajstić information content (AvgIpc) is 3.00. The number of nitrogens with one attached hydrogen (secondary N) is 1. The highest BCUT2D eigenvalue weighted by atomic mass is 19.1. The highest BCUT2D eigenvalue weighted by Gasteiger charge is 2.28. The zero-order valence-electron chi connectivity index (χ0n) is 16.7. The van der Waals surface area contributed by atoms with E-state index in [1.165, 1.54) is 63.0 Å². The number of piperidine rings is 1. The van der Waals surface area contributed by atoms with Crippen LogP contribution in [-0.4, -0.2) is 60.9 Å². The number of carbonyl (C=O) groups is 2. The Hall–Kier alpha value is -1.95. The van der Waals surface area contributed by atoms with Crippen molar-refractivity contribution in [1.82, 2.24) is 15.1 Å². The fourth-order valence-electron chi connectivity index (χ4n) is 4.17. The van der Waals surface area contributed by atoms with Crippen LogP contribution < -0.4 is 5.32 Å². The van der Waals surface area contributed by atoms with Crippen LogP contribution in [0.5, 0.6) is 0 Å². The average molecular weight is 390 g/mol. The van der Waals surface area contributed by atoms with Crippen LogP contribution in [-0.2, 0) is 4.79 Å². The van der Waals surface area contributed by atoms with Gasteiger partial charge in [0.05, 0.1) is 5.92 Å². The topological polar surface area (TPSA) is 52.7 Å². The van der Waals surface area contributed by atoms with Gasteiger partial charge < -0.3 is 15.1 Å². The van der Waals surface area contributed by atoms with Crippen molar-refractivity contribution in [2.75, 3.05) is 39.3 Å². The predicted octanol–water partition coefficient (Wildman–Crippen LogP) is 3.06. The zero-order valence-corrected chi connectivity index (χ0v) is 16.7. The molecule has 0 bridgehead atoms. The smallest absolute Gasteiger partial charge is 0.253 e. The summed E-state index contributed by atoms with van der Waals surface area (Å²) in [5.74, 6) is -0.588. The lowest BCUT2D eigenvalue weighted by atomic mass is 9.96. The fraction of sp³-hybridized carbons (Fsp3) is 0.636. The van der Waals surface area contributed by atoms with Gasteiger partial charge in [-0.15, -0.1) is 0 Å². The second kappa shape index (κ2) is 10.6. The first kappa shape index (κ1) is 20.8. The third-order valence-corrected chi connectivity index (χ3v) is 5.82. The molecular formula is C22H32FN3O2. The van der Waals surface area contributed by atoms with Gasteiger partial charge in [0.1, 0.15) is 5.82 Å². The van der Waals surface area contributed by atoms with Crippen molar-refractivity contribution in [3.8, 4) is 0 Å². The monoisotopic (exact) mass is 389 g/mol. The van der Waals surface area contributed by atoms with Crippen LogP contribution in [0.25, 0.3) is 0 Å². The maximum Gasteiger partial charge on any atom is 0.253 e. The number of hydrogen-bond donors (Lipinski definition) is 1. The van der Waals surface area contributed by atoms with Crippen molar-refractivity contribution >= 4 is 11.8 Å². The molecule has 2 saturated heterocycles. The maximum atomic E-state index is 13.1. The first-order valence-electron chi connectivity index (χ1n) is 10.7. The van der Waals surface area contributed by atoms with E-state index in [4.69, 9.17) is 0 Å². The second-order valence-corrected chi connectivity index (χ2v) is 8.00. The Morgan fingerprint density at radius 1 is 1.00 bits per heavy atom. The molecule has 0 aromatic heterocycles. The predicted molar refractivity (Wildman–Crippen MR) is 108 cm³/mol. The van der Waals surface area contributed by atoms with Crippen molar-refractivity contribution in [2.45, 2.75) is 44.9 Å². The molecule has 2 aliphatic rings. The summed E-state index contributed by atoms with van der Waals surface area (Å²) in [6.45, 7) is 5.18. The molecule has 1 aromatic carbocycles. The first-order chi connectivity index (χ1) is 13.6. The van der Waals surface area contributed by atoms with Gasteiger partial charge in [-0.25, -0.2) is 4.39 Å². The Kier molecular flexibility index (Phi) is 7.83. The Labute approximate surface area is 167 Å². The van der Waals surface area contributed by atoms with E-state index in [9.17, 15) is 14.0 Å². The molecule has 0 aliphatic carbocycles. The van der Waals surface area contributed by atoms with E-state index in [0.717, 1.165) is 25.8 Å². The molecule has 3 rings (SSSR count). The maximum absolute atomic E-state index is 13.1. The van der Waals surface area contributed by atoms with Gasteiger partial charge in [-0.1, -0.05) is 12.8 Å². The minimum Gasteiger partial charge on any atom is -0.356 e. The number of amides is 2. The van der Waals surface area contributed by atoms with Crippen LogP contribution in [0.15, 0.2) is 24.3 Å². The molecule has 0 radical (unpaired) electrons. The van der Waals surface area contributed by atoms with Crippen LogP contribution in [0.4, 0.5) is 4.39 Å². The summed E-state index contributed by atoms with van der Waals surface area (Å²) in [5, 5.41) is 3.06. The number of likely N-dealkylation sites (tertiary alicyclic amines) is 2. The number of halogens is 1. The van der Waals surface area contributed by atoms with Crippen LogP contribution in [0.1, 0.15) is 55.3 Å². The minimum absolute atomic E-state index is 0.0486.